The summed E-state index contributed by atoms with van der Waals surface area (Å²) in [6.07, 6.45) is 5.45. The SMILES string of the molecule is O=C([C@@H]1CSC(c2cccnc2)N1)n1ccc2cc(OCc3ccccc3)ccc21. The average molecular weight is 416 g/mol. The van der Waals surface area contributed by atoms with Crippen LogP contribution in [0.1, 0.15) is 21.3 Å². The van der Waals surface area contributed by atoms with E-state index in [1.165, 1.54) is 0 Å². The van der Waals surface area contributed by atoms with Gasteiger partial charge in [0.25, 0.3) is 0 Å². The zero-order valence-corrected chi connectivity index (χ0v) is 17.1. The van der Waals surface area contributed by atoms with Crippen molar-refractivity contribution < 1.29 is 9.53 Å². The largest absolute Gasteiger partial charge is 0.489 e. The summed E-state index contributed by atoms with van der Waals surface area (Å²) in [4.78, 5) is 17.3. The fourth-order valence-electron chi connectivity index (χ4n) is 3.65. The quantitative estimate of drug-likeness (QED) is 0.514. The Morgan fingerprint density at radius 1 is 1.13 bits per heavy atom. The summed E-state index contributed by atoms with van der Waals surface area (Å²) >= 11 is 1.74. The molecule has 3 heterocycles. The van der Waals surface area contributed by atoms with Crippen LogP contribution in [0.4, 0.5) is 0 Å². The predicted molar refractivity (Wildman–Crippen MR) is 120 cm³/mol. The summed E-state index contributed by atoms with van der Waals surface area (Å²) in [5.41, 5.74) is 3.11. The number of hydrogen-bond acceptors (Lipinski definition) is 5. The standard InChI is InChI=1S/C24H21N3O2S/c28-24(21-16-30-23(26-21)19-7-4-11-25-14-19)27-12-10-18-13-20(8-9-22(18)27)29-15-17-5-2-1-3-6-17/h1-14,21,23,26H,15-16H2/t21-,23?/m0/s1. The third kappa shape index (κ3) is 3.84. The minimum absolute atomic E-state index is 0.0573. The maximum absolute atomic E-state index is 13.1. The number of hydrogen-bond donors (Lipinski definition) is 1. The van der Waals surface area contributed by atoms with Crippen molar-refractivity contribution in [2.45, 2.75) is 18.0 Å². The van der Waals surface area contributed by atoms with Crippen molar-refractivity contribution in [3.05, 3.63) is 96.4 Å². The molecule has 2 aromatic heterocycles. The van der Waals surface area contributed by atoms with E-state index in [9.17, 15) is 4.79 Å². The van der Waals surface area contributed by atoms with Crippen LogP contribution in [-0.4, -0.2) is 27.3 Å². The number of benzene rings is 2. The van der Waals surface area contributed by atoms with Gasteiger partial charge in [0.2, 0.25) is 5.91 Å². The van der Waals surface area contributed by atoms with Crippen LogP contribution in [0.25, 0.3) is 10.9 Å². The lowest BCUT2D eigenvalue weighted by Gasteiger charge is -2.14. The molecule has 0 aliphatic carbocycles. The van der Waals surface area contributed by atoms with E-state index >= 15 is 0 Å². The smallest absolute Gasteiger partial charge is 0.249 e. The highest BCUT2D eigenvalue weighted by Crippen LogP contribution is 2.33. The van der Waals surface area contributed by atoms with E-state index in [0.717, 1.165) is 33.5 Å². The summed E-state index contributed by atoms with van der Waals surface area (Å²) in [6, 6.07) is 21.6. The summed E-state index contributed by atoms with van der Waals surface area (Å²) in [7, 11) is 0. The van der Waals surface area contributed by atoms with Gasteiger partial charge in [-0.1, -0.05) is 36.4 Å². The highest BCUT2D eigenvalue weighted by Gasteiger charge is 2.31. The minimum Gasteiger partial charge on any atom is -0.489 e. The van der Waals surface area contributed by atoms with E-state index in [1.54, 1.807) is 22.5 Å². The Hall–Kier alpha value is -3.09. The van der Waals surface area contributed by atoms with Gasteiger partial charge in [-0.25, -0.2) is 0 Å². The highest BCUT2D eigenvalue weighted by atomic mass is 32.2. The molecule has 0 radical (unpaired) electrons. The number of carbonyl (C=O) groups is 1. The number of nitrogens with one attached hydrogen (secondary N) is 1. The van der Waals surface area contributed by atoms with Crippen molar-refractivity contribution in [1.82, 2.24) is 14.9 Å². The third-order valence-electron chi connectivity index (χ3n) is 5.21. The molecule has 1 fully saturated rings. The van der Waals surface area contributed by atoms with Crippen LogP contribution in [0.3, 0.4) is 0 Å². The molecular weight excluding hydrogens is 394 g/mol. The van der Waals surface area contributed by atoms with Gasteiger partial charge in [0.05, 0.1) is 16.9 Å². The molecule has 2 aromatic carbocycles. The van der Waals surface area contributed by atoms with Gasteiger partial charge in [-0.3, -0.25) is 19.7 Å². The van der Waals surface area contributed by atoms with Crippen LogP contribution >= 0.6 is 11.8 Å². The first kappa shape index (κ1) is 18.9. The summed E-state index contributed by atoms with van der Waals surface area (Å²) in [5.74, 6) is 1.58. The highest BCUT2D eigenvalue weighted by molar-refractivity contribution is 7.99. The number of pyridine rings is 1. The van der Waals surface area contributed by atoms with Crippen LogP contribution in [0.15, 0.2) is 85.3 Å². The molecule has 5 nitrogen and oxygen atoms in total. The monoisotopic (exact) mass is 415 g/mol. The van der Waals surface area contributed by atoms with Crippen molar-refractivity contribution in [1.29, 1.82) is 0 Å². The van der Waals surface area contributed by atoms with Crippen LogP contribution in [0.2, 0.25) is 0 Å². The zero-order chi connectivity index (χ0) is 20.3. The number of carbonyl (C=O) groups excluding carboxylic acids is 1. The Morgan fingerprint density at radius 3 is 2.87 bits per heavy atom. The van der Waals surface area contributed by atoms with Gasteiger partial charge in [0, 0.05) is 29.7 Å². The molecule has 0 saturated carbocycles. The molecule has 1 aliphatic heterocycles. The fourth-order valence-corrected chi connectivity index (χ4v) is 4.86. The van der Waals surface area contributed by atoms with Gasteiger partial charge in [0.1, 0.15) is 12.4 Å². The fraction of sp³-hybridized carbons (Fsp3) is 0.167. The summed E-state index contributed by atoms with van der Waals surface area (Å²) in [5, 5.41) is 4.52. The summed E-state index contributed by atoms with van der Waals surface area (Å²) < 4.78 is 7.65. The number of ether oxygens (including phenoxy) is 1. The third-order valence-corrected chi connectivity index (χ3v) is 6.48. The van der Waals surface area contributed by atoms with Gasteiger partial charge < -0.3 is 4.74 Å². The molecule has 1 aliphatic rings. The predicted octanol–water partition coefficient (Wildman–Crippen LogP) is 4.66. The van der Waals surface area contributed by atoms with E-state index in [0.29, 0.717) is 6.61 Å². The number of aromatic nitrogens is 2. The number of thioether (sulfide) groups is 1. The molecule has 4 aromatic rings. The molecule has 2 atom stereocenters. The Kier molecular flexibility index (Phi) is 5.26. The first-order valence-electron chi connectivity index (χ1n) is 9.87. The van der Waals surface area contributed by atoms with Crippen molar-refractivity contribution >= 4 is 28.6 Å². The second-order valence-electron chi connectivity index (χ2n) is 7.24. The lowest BCUT2D eigenvalue weighted by Crippen LogP contribution is -2.37. The molecule has 0 amide bonds. The molecule has 0 bridgehead atoms. The number of fused-ring (bicyclic) bond motifs is 1. The minimum atomic E-state index is -0.232. The lowest BCUT2D eigenvalue weighted by atomic mass is 10.2. The first-order chi connectivity index (χ1) is 14.8. The van der Waals surface area contributed by atoms with E-state index in [1.807, 2.05) is 79.1 Å². The molecule has 30 heavy (non-hydrogen) atoms. The van der Waals surface area contributed by atoms with Gasteiger partial charge >= 0.3 is 0 Å². The maximum atomic E-state index is 13.1. The average Bonchev–Trinajstić information content (AvgIpc) is 3.46. The van der Waals surface area contributed by atoms with E-state index in [-0.39, 0.29) is 17.3 Å². The Balaban J connectivity index is 1.29. The van der Waals surface area contributed by atoms with Crippen molar-refractivity contribution in [2.75, 3.05) is 5.75 Å². The van der Waals surface area contributed by atoms with Crippen LogP contribution < -0.4 is 10.1 Å². The molecular formula is C24H21N3O2S. The van der Waals surface area contributed by atoms with E-state index in [4.69, 9.17) is 4.74 Å². The van der Waals surface area contributed by atoms with Crippen molar-refractivity contribution in [2.24, 2.45) is 0 Å². The van der Waals surface area contributed by atoms with Gasteiger partial charge in [-0.15, -0.1) is 11.8 Å². The lowest BCUT2D eigenvalue weighted by molar-refractivity contribution is 0.0879. The second kappa shape index (κ2) is 8.34. The van der Waals surface area contributed by atoms with E-state index < -0.39 is 0 Å². The maximum Gasteiger partial charge on any atom is 0.249 e. The van der Waals surface area contributed by atoms with Gasteiger partial charge in [-0.2, -0.15) is 0 Å². The van der Waals surface area contributed by atoms with Crippen molar-refractivity contribution in [3.8, 4) is 5.75 Å². The van der Waals surface area contributed by atoms with E-state index in [2.05, 4.69) is 10.3 Å². The topological polar surface area (TPSA) is 56.2 Å². The Labute approximate surface area is 179 Å². The molecule has 0 spiro atoms. The molecule has 1 N–H and O–H groups in total. The second-order valence-corrected chi connectivity index (χ2v) is 8.38. The first-order valence-corrected chi connectivity index (χ1v) is 10.9. The molecule has 1 unspecified atom stereocenters. The molecule has 1 saturated heterocycles. The Bertz CT molecular complexity index is 1160. The van der Waals surface area contributed by atoms with Crippen molar-refractivity contribution in [3.63, 3.8) is 0 Å². The summed E-state index contributed by atoms with van der Waals surface area (Å²) in [6.45, 7) is 0.519. The van der Waals surface area contributed by atoms with Crippen LogP contribution in [0, 0.1) is 0 Å². The number of nitrogens with zero attached hydrogens (tertiary/aromatic N) is 2. The zero-order valence-electron chi connectivity index (χ0n) is 16.3. The molecule has 5 rings (SSSR count). The van der Waals surface area contributed by atoms with Gasteiger partial charge in [-0.05, 0) is 41.5 Å². The van der Waals surface area contributed by atoms with Gasteiger partial charge in [0.15, 0.2) is 0 Å². The molecule has 6 heteroatoms. The molecule has 150 valence electrons. The number of rotatable bonds is 5. The Morgan fingerprint density at radius 2 is 2.03 bits per heavy atom. The van der Waals surface area contributed by atoms with Crippen LogP contribution in [-0.2, 0) is 6.61 Å². The van der Waals surface area contributed by atoms with Crippen LogP contribution in [0.5, 0.6) is 5.75 Å². The normalized spacial score (nSPS) is 18.5.